The van der Waals surface area contributed by atoms with Crippen LogP contribution in [0.4, 0.5) is 14.9 Å². The monoisotopic (exact) mass is 318 g/mol. The number of aliphatic hydroxyl groups excluding tert-OH is 1. The zero-order valence-corrected chi connectivity index (χ0v) is 12.8. The molecule has 6 heteroatoms. The highest BCUT2D eigenvalue weighted by molar-refractivity contribution is 5.91. The van der Waals surface area contributed by atoms with Crippen LogP contribution in [0.5, 0.6) is 5.75 Å². The third-order valence-electron chi connectivity index (χ3n) is 3.29. The van der Waals surface area contributed by atoms with Gasteiger partial charge in [0.15, 0.2) is 0 Å². The van der Waals surface area contributed by atoms with Crippen LogP contribution in [0.25, 0.3) is 0 Å². The molecule has 0 heterocycles. The molecule has 0 fully saturated rings. The third kappa shape index (κ3) is 4.96. The van der Waals surface area contributed by atoms with E-state index in [0.717, 1.165) is 5.56 Å². The van der Waals surface area contributed by atoms with Crippen LogP contribution < -0.4 is 15.4 Å². The zero-order chi connectivity index (χ0) is 16.7. The molecule has 0 aliphatic carbocycles. The van der Waals surface area contributed by atoms with Crippen molar-refractivity contribution in [3.05, 3.63) is 59.9 Å². The molecular formula is C17H19FN2O3. The van der Waals surface area contributed by atoms with Crippen molar-refractivity contribution in [1.82, 2.24) is 5.32 Å². The Balaban J connectivity index is 1.99. The lowest BCUT2D eigenvalue weighted by molar-refractivity contribution is 0.224. The number of halogens is 1. The number of hydrogen-bond donors (Lipinski definition) is 3. The predicted molar refractivity (Wildman–Crippen MR) is 86.1 cm³/mol. The first-order valence-corrected chi connectivity index (χ1v) is 7.18. The van der Waals surface area contributed by atoms with Gasteiger partial charge in [0.2, 0.25) is 0 Å². The minimum Gasteiger partial charge on any atom is -0.495 e. The number of amides is 2. The Kier molecular flexibility index (Phi) is 5.94. The van der Waals surface area contributed by atoms with E-state index in [9.17, 15) is 14.3 Å². The highest BCUT2D eigenvalue weighted by atomic mass is 19.1. The van der Waals surface area contributed by atoms with Crippen molar-refractivity contribution >= 4 is 11.7 Å². The summed E-state index contributed by atoms with van der Waals surface area (Å²) >= 11 is 0. The first-order valence-electron chi connectivity index (χ1n) is 7.18. The number of ether oxygens (including phenoxy) is 1. The SMILES string of the molecule is COc1ccc(F)cc1NC(=O)N[C@H](CO)Cc1ccccc1. The van der Waals surface area contributed by atoms with Crippen LogP contribution in [0, 0.1) is 5.82 Å². The Morgan fingerprint density at radius 3 is 2.65 bits per heavy atom. The van der Waals surface area contributed by atoms with E-state index in [1.807, 2.05) is 30.3 Å². The van der Waals surface area contributed by atoms with Gasteiger partial charge in [-0.05, 0) is 24.1 Å². The highest BCUT2D eigenvalue weighted by Crippen LogP contribution is 2.24. The molecule has 0 saturated heterocycles. The van der Waals surface area contributed by atoms with Crippen LogP contribution in [0.3, 0.4) is 0 Å². The van der Waals surface area contributed by atoms with E-state index in [2.05, 4.69) is 10.6 Å². The van der Waals surface area contributed by atoms with Gasteiger partial charge in [0.1, 0.15) is 11.6 Å². The second-order valence-electron chi connectivity index (χ2n) is 5.01. The van der Waals surface area contributed by atoms with Crippen LogP contribution >= 0.6 is 0 Å². The highest BCUT2D eigenvalue weighted by Gasteiger charge is 2.14. The fourth-order valence-electron chi connectivity index (χ4n) is 2.18. The number of methoxy groups -OCH3 is 1. The number of aliphatic hydroxyl groups is 1. The second-order valence-corrected chi connectivity index (χ2v) is 5.01. The van der Waals surface area contributed by atoms with Gasteiger partial charge in [-0.3, -0.25) is 0 Å². The molecule has 2 aromatic carbocycles. The number of benzene rings is 2. The predicted octanol–water partition coefficient (Wildman–Crippen LogP) is 2.56. The van der Waals surface area contributed by atoms with Crippen molar-refractivity contribution in [3.63, 3.8) is 0 Å². The summed E-state index contributed by atoms with van der Waals surface area (Å²) in [7, 11) is 1.43. The maximum Gasteiger partial charge on any atom is 0.319 e. The Morgan fingerprint density at radius 1 is 1.26 bits per heavy atom. The molecule has 2 rings (SSSR count). The standard InChI is InChI=1S/C17H19FN2O3/c1-23-16-8-7-13(18)10-15(16)20-17(22)19-14(11-21)9-12-5-3-2-4-6-12/h2-8,10,14,21H,9,11H2,1H3,(H2,19,20,22)/t14-/m0/s1. The Morgan fingerprint density at radius 2 is 2.00 bits per heavy atom. The van der Waals surface area contributed by atoms with Gasteiger partial charge < -0.3 is 20.5 Å². The molecule has 0 unspecified atom stereocenters. The minimum atomic E-state index is -0.538. The number of nitrogens with one attached hydrogen (secondary N) is 2. The van der Waals surface area contributed by atoms with Gasteiger partial charge in [-0.2, -0.15) is 0 Å². The van der Waals surface area contributed by atoms with Crippen LogP contribution in [-0.4, -0.2) is 30.9 Å². The van der Waals surface area contributed by atoms with E-state index in [4.69, 9.17) is 4.74 Å². The van der Waals surface area contributed by atoms with E-state index in [-0.39, 0.29) is 12.3 Å². The maximum atomic E-state index is 13.3. The van der Waals surface area contributed by atoms with Crippen LogP contribution in [-0.2, 0) is 6.42 Å². The van der Waals surface area contributed by atoms with Gasteiger partial charge in [-0.25, -0.2) is 9.18 Å². The summed E-state index contributed by atoms with van der Waals surface area (Å²) in [5.74, 6) is -0.130. The van der Waals surface area contributed by atoms with Gasteiger partial charge >= 0.3 is 6.03 Å². The van der Waals surface area contributed by atoms with E-state index in [1.165, 1.54) is 25.3 Å². The molecular weight excluding hydrogens is 299 g/mol. The van der Waals surface area contributed by atoms with Gasteiger partial charge in [0, 0.05) is 6.07 Å². The van der Waals surface area contributed by atoms with Gasteiger partial charge in [0.25, 0.3) is 0 Å². The maximum absolute atomic E-state index is 13.3. The molecule has 0 radical (unpaired) electrons. The van der Waals surface area contributed by atoms with Crippen LogP contribution in [0.1, 0.15) is 5.56 Å². The molecule has 2 amide bonds. The summed E-state index contributed by atoms with van der Waals surface area (Å²) in [6, 6.07) is 12.4. The van der Waals surface area contributed by atoms with Crippen molar-refractivity contribution < 1.29 is 19.0 Å². The van der Waals surface area contributed by atoms with Gasteiger partial charge in [0.05, 0.1) is 25.4 Å². The Bertz CT molecular complexity index is 650. The average Bonchev–Trinajstić information content (AvgIpc) is 2.55. The molecule has 0 aliphatic heterocycles. The van der Waals surface area contributed by atoms with Gasteiger partial charge in [-0.1, -0.05) is 30.3 Å². The molecule has 0 aromatic heterocycles. The summed E-state index contributed by atoms with van der Waals surface area (Å²) in [4.78, 5) is 12.0. The Hall–Kier alpha value is -2.60. The van der Waals surface area contributed by atoms with Crippen molar-refractivity contribution in [2.75, 3.05) is 19.0 Å². The molecule has 23 heavy (non-hydrogen) atoms. The molecule has 0 saturated carbocycles. The number of urea groups is 1. The van der Waals surface area contributed by atoms with E-state index in [0.29, 0.717) is 12.2 Å². The topological polar surface area (TPSA) is 70.6 Å². The molecule has 0 spiro atoms. The van der Waals surface area contributed by atoms with E-state index < -0.39 is 17.9 Å². The summed E-state index contributed by atoms with van der Waals surface area (Å²) in [5.41, 5.74) is 1.22. The van der Waals surface area contributed by atoms with Gasteiger partial charge in [-0.15, -0.1) is 0 Å². The largest absolute Gasteiger partial charge is 0.495 e. The zero-order valence-electron chi connectivity index (χ0n) is 12.8. The number of anilines is 1. The van der Waals surface area contributed by atoms with Crippen molar-refractivity contribution in [2.24, 2.45) is 0 Å². The third-order valence-corrected chi connectivity index (χ3v) is 3.29. The minimum absolute atomic E-state index is 0.206. The second kappa shape index (κ2) is 8.14. The van der Waals surface area contributed by atoms with Crippen molar-refractivity contribution in [2.45, 2.75) is 12.5 Å². The fraction of sp³-hybridized carbons (Fsp3) is 0.235. The van der Waals surface area contributed by atoms with Crippen LogP contribution in [0.15, 0.2) is 48.5 Å². The molecule has 0 bridgehead atoms. The number of carbonyl (C=O) groups excluding carboxylic acids is 1. The number of hydrogen-bond acceptors (Lipinski definition) is 3. The molecule has 3 N–H and O–H groups in total. The summed E-state index contributed by atoms with van der Waals surface area (Å²) in [6.45, 7) is -0.206. The summed E-state index contributed by atoms with van der Waals surface area (Å²) < 4.78 is 18.4. The van der Waals surface area contributed by atoms with E-state index in [1.54, 1.807) is 0 Å². The van der Waals surface area contributed by atoms with E-state index >= 15 is 0 Å². The smallest absolute Gasteiger partial charge is 0.319 e. The summed E-state index contributed by atoms with van der Waals surface area (Å²) in [5, 5.41) is 14.6. The lowest BCUT2D eigenvalue weighted by Gasteiger charge is -2.18. The molecule has 0 aliphatic rings. The quantitative estimate of drug-likeness (QED) is 0.766. The molecule has 2 aromatic rings. The molecule has 5 nitrogen and oxygen atoms in total. The number of rotatable bonds is 6. The van der Waals surface area contributed by atoms with Crippen molar-refractivity contribution in [3.8, 4) is 5.75 Å². The molecule has 122 valence electrons. The average molecular weight is 318 g/mol. The number of carbonyl (C=O) groups is 1. The normalized spacial score (nSPS) is 11.6. The molecule has 1 atom stereocenters. The lowest BCUT2D eigenvalue weighted by atomic mass is 10.1. The Labute approximate surface area is 134 Å². The first kappa shape index (κ1) is 16.8. The fourth-order valence-corrected chi connectivity index (χ4v) is 2.18. The summed E-state index contributed by atoms with van der Waals surface area (Å²) in [6.07, 6.45) is 0.491. The van der Waals surface area contributed by atoms with Crippen molar-refractivity contribution in [1.29, 1.82) is 0 Å². The van der Waals surface area contributed by atoms with Crippen LogP contribution in [0.2, 0.25) is 0 Å². The first-order chi connectivity index (χ1) is 11.1. The lowest BCUT2D eigenvalue weighted by Crippen LogP contribution is -2.41.